The molecule has 2 aromatic rings. The number of rotatable bonds is 7. The first-order valence-electron chi connectivity index (χ1n) is 8.03. The fraction of sp³-hybridized carbons (Fsp3) is 0.368. The molecule has 24 heavy (non-hydrogen) atoms. The Morgan fingerprint density at radius 1 is 1.00 bits per heavy atom. The number of hydrogen-bond acceptors (Lipinski definition) is 3. The number of nitrogens with zero attached hydrogens (tertiary/aromatic N) is 1. The van der Waals surface area contributed by atoms with Crippen molar-refractivity contribution in [1.82, 2.24) is 9.62 Å². The summed E-state index contributed by atoms with van der Waals surface area (Å²) in [6.45, 7) is 4.32. The van der Waals surface area contributed by atoms with E-state index in [0.29, 0.717) is 6.54 Å². The van der Waals surface area contributed by atoms with E-state index in [1.54, 1.807) is 0 Å². The van der Waals surface area contributed by atoms with Gasteiger partial charge in [0.05, 0.1) is 5.75 Å². The van der Waals surface area contributed by atoms with Crippen molar-refractivity contribution in [2.45, 2.75) is 25.6 Å². The Balaban J connectivity index is 2.08. The quantitative estimate of drug-likeness (QED) is 0.838. The van der Waals surface area contributed by atoms with Crippen molar-refractivity contribution >= 4 is 10.0 Å². The lowest BCUT2D eigenvalue weighted by molar-refractivity contribution is 0.299. The summed E-state index contributed by atoms with van der Waals surface area (Å²) in [7, 11) is 0.538. The number of sulfonamides is 1. The predicted molar refractivity (Wildman–Crippen MR) is 99.4 cm³/mol. The average Bonchev–Trinajstić information content (AvgIpc) is 2.51. The van der Waals surface area contributed by atoms with Crippen molar-refractivity contribution in [2.24, 2.45) is 0 Å². The summed E-state index contributed by atoms with van der Waals surface area (Å²) in [5.41, 5.74) is 4.12. The number of benzene rings is 2. The summed E-state index contributed by atoms with van der Waals surface area (Å²) >= 11 is 0. The van der Waals surface area contributed by atoms with Gasteiger partial charge in [-0.1, -0.05) is 54.1 Å². The minimum Gasteiger partial charge on any atom is -0.301 e. The lowest BCUT2D eigenvalue weighted by Crippen LogP contribution is -2.35. The van der Waals surface area contributed by atoms with Crippen molar-refractivity contribution in [3.8, 4) is 0 Å². The molecular formula is C19H26N2O2S. The molecule has 0 spiro atoms. The molecule has 0 radical (unpaired) electrons. The zero-order chi connectivity index (χ0) is 17.7. The first kappa shape index (κ1) is 18.6. The third-order valence-corrected chi connectivity index (χ3v) is 5.49. The highest BCUT2D eigenvalue weighted by Gasteiger charge is 2.19. The standard InChI is InChI=1S/C19H26N2O2S/c1-15-9-11-17(12-10-15)19(21(3)4)13-20-24(22,23)14-18-8-6-5-7-16(18)2/h5-12,19-20H,13-14H2,1-4H3. The van der Waals surface area contributed by atoms with Crippen LogP contribution >= 0.6 is 0 Å². The largest absolute Gasteiger partial charge is 0.301 e. The smallest absolute Gasteiger partial charge is 0.215 e. The molecule has 130 valence electrons. The summed E-state index contributed by atoms with van der Waals surface area (Å²) < 4.78 is 27.6. The van der Waals surface area contributed by atoms with Gasteiger partial charge in [-0.25, -0.2) is 13.1 Å². The number of aryl methyl sites for hydroxylation is 2. The van der Waals surface area contributed by atoms with Crippen LogP contribution in [0.15, 0.2) is 48.5 Å². The van der Waals surface area contributed by atoms with Crippen LogP contribution in [0.5, 0.6) is 0 Å². The molecule has 5 heteroatoms. The second-order valence-corrected chi connectivity index (χ2v) is 8.23. The van der Waals surface area contributed by atoms with Crippen LogP contribution in [0.2, 0.25) is 0 Å². The molecule has 4 nitrogen and oxygen atoms in total. The van der Waals surface area contributed by atoms with Crippen LogP contribution in [0.1, 0.15) is 28.3 Å². The topological polar surface area (TPSA) is 49.4 Å². The molecule has 2 rings (SSSR count). The maximum absolute atomic E-state index is 12.4. The van der Waals surface area contributed by atoms with Crippen molar-refractivity contribution in [3.63, 3.8) is 0 Å². The number of nitrogens with one attached hydrogen (secondary N) is 1. The van der Waals surface area contributed by atoms with Gasteiger partial charge in [0, 0.05) is 12.6 Å². The van der Waals surface area contributed by atoms with Crippen molar-refractivity contribution in [1.29, 1.82) is 0 Å². The van der Waals surface area contributed by atoms with E-state index >= 15 is 0 Å². The molecular weight excluding hydrogens is 320 g/mol. The van der Waals surface area contributed by atoms with Gasteiger partial charge in [-0.15, -0.1) is 0 Å². The first-order valence-corrected chi connectivity index (χ1v) is 9.68. The Labute approximate surface area is 145 Å². The van der Waals surface area contributed by atoms with E-state index < -0.39 is 10.0 Å². The van der Waals surface area contributed by atoms with Crippen molar-refractivity contribution in [3.05, 3.63) is 70.8 Å². The molecule has 0 saturated carbocycles. The fourth-order valence-electron chi connectivity index (χ4n) is 2.62. The maximum Gasteiger partial charge on any atom is 0.215 e. The van der Waals surface area contributed by atoms with Crippen LogP contribution in [0.3, 0.4) is 0 Å². The lowest BCUT2D eigenvalue weighted by Gasteiger charge is -2.25. The Kier molecular flexibility index (Phi) is 6.15. The molecule has 1 atom stereocenters. The highest BCUT2D eigenvalue weighted by Crippen LogP contribution is 2.19. The second-order valence-electron chi connectivity index (χ2n) is 6.42. The molecule has 0 amide bonds. The fourth-order valence-corrected chi connectivity index (χ4v) is 3.87. The van der Waals surface area contributed by atoms with E-state index in [4.69, 9.17) is 0 Å². The van der Waals surface area contributed by atoms with Crippen LogP contribution in [0, 0.1) is 13.8 Å². The van der Waals surface area contributed by atoms with Gasteiger partial charge < -0.3 is 4.90 Å². The van der Waals surface area contributed by atoms with Gasteiger partial charge in [0.15, 0.2) is 0 Å². The molecule has 0 fully saturated rings. The minimum atomic E-state index is -3.38. The van der Waals surface area contributed by atoms with Gasteiger partial charge >= 0.3 is 0 Å². The van der Waals surface area contributed by atoms with Gasteiger partial charge in [0.2, 0.25) is 10.0 Å². The van der Waals surface area contributed by atoms with Gasteiger partial charge in [-0.3, -0.25) is 0 Å². The zero-order valence-electron chi connectivity index (χ0n) is 14.8. The molecule has 0 bridgehead atoms. The Morgan fingerprint density at radius 3 is 2.21 bits per heavy atom. The molecule has 2 aromatic carbocycles. The van der Waals surface area contributed by atoms with E-state index in [1.807, 2.05) is 69.2 Å². The predicted octanol–water partition coefficient (Wildman–Crippen LogP) is 3.03. The average molecular weight is 346 g/mol. The van der Waals surface area contributed by atoms with E-state index in [1.165, 1.54) is 5.56 Å². The molecule has 0 aromatic heterocycles. The van der Waals surface area contributed by atoms with Gasteiger partial charge in [-0.05, 0) is 44.6 Å². The number of hydrogen-bond donors (Lipinski definition) is 1. The lowest BCUT2D eigenvalue weighted by atomic mass is 10.0. The van der Waals surface area contributed by atoms with Gasteiger partial charge in [-0.2, -0.15) is 0 Å². The summed E-state index contributed by atoms with van der Waals surface area (Å²) in [5.74, 6) is 0.00766. The van der Waals surface area contributed by atoms with Gasteiger partial charge in [0.1, 0.15) is 0 Å². The molecule has 0 saturated heterocycles. The SMILES string of the molecule is Cc1ccc(C(CNS(=O)(=O)Cc2ccccc2C)N(C)C)cc1. The summed E-state index contributed by atoms with van der Waals surface area (Å²) in [6.07, 6.45) is 0. The van der Waals surface area contributed by atoms with Crippen LogP contribution < -0.4 is 4.72 Å². The molecule has 0 aliphatic heterocycles. The van der Waals surface area contributed by atoms with Gasteiger partial charge in [0.25, 0.3) is 0 Å². The third kappa shape index (κ3) is 5.16. The normalized spacial score (nSPS) is 13.2. The summed E-state index contributed by atoms with van der Waals surface area (Å²) in [4.78, 5) is 2.03. The van der Waals surface area contributed by atoms with E-state index in [-0.39, 0.29) is 11.8 Å². The molecule has 0 aliphatic rings. The second kappa shape index (κ2) is 7.92. The van der Waals surface area contributed by atoms with Crippen LogP contribution in [-0.2, 0) is 15.8 Å². The van der Waals surface area contributed by atoms with Crippen molar-refractivity contribution in [2.75, 3.05) is 20.6 Å². The van der Waals surface area contributed by atoms with Crippen LogP contribution in [0.4, 0.5) is 0 Å². The zero-order valence-corrected chi connectivity index (χ0v) is 15.6. The highest BCUT2D eigenvalue weighted by atomic mass is 32.2. The Bertz CT molecular complexity index is 768. The van der Waals surface area contributed by atoms with Crippen LogP contribution in [0.25, 0.3) is 0 Å². The van der Waals surface area contributed by atoms with E-state index in [0.717, 1.165) is 16.7 Å². The Hall–Kier alpha value is -1.69. The molecule has 0 heterocycles. The minimum absolute atomic E-state index is 0.00255. The molecule has 1 N–H and O–H groups in total. The third-order valence-electron chi connectivity index (χ3n) is 4.19. The summed E-state index contributed by atoms with van der Waals surface area (Å²) in [6, 6.07) is 15.8. The van der Waals surface area contributed by atoms with Crippen LogP contribution in [-0.4, -0.2) is 34.0 Å². The Morgan fingerprint density at radius 2 is 1.62 bits per heavy atom. The highest BCUT2D eigenvalue weighted by molar-refractivity contribution is 7.88. The first-order chi connectivity index (χ1) is 11.3. The van der Waals surface area contributed by atoms with E-state index in [2.05, 4.69) is 16.9 Å². The van der Waals surface area contributed by atoms with E-state index in [9.17, 15) is 8.42 Å². The summed E-state index contributed by atoms with van der Waals surface area (Å²) in [5, 5.41) is 0. The molecule has 0 aliphatic carbocycles. The number of likely N-dealkylation sites (N-methyl/N-ethyl adjacent to an activating group) is 1. The maximum atomic E-state index is 12.4. The monoisotopic (exact) mass is 346 g/mol. The van der Waals surface area contributed by atoms with Crippen molar-refractivity contribution < 1.29 is 8.42 Å². The molecule has 1 unspecified atom stereocenters.